The second kappa shape index (κ2) is 3.60. The summed E-state index contributed by atoms with van der Waals surface area (Å²) >= 11 is 17.3. The molecule has 0 fully saturated rings. The number of alkyl halides is 3. The monoisotopic (exact) mass is 232 g/mol. The van der Waals surface area contributed by atoms with Gasteiger partial charge in [0.15, 0.2) is 0 Å². The summed E-state index contributed by atoms with van der Waals surface area (Å²) in [5, 5.41) is 8.17. The molecule has 0 aliphatic carbocycles. The smallest absolute Gasteiger partial charge is 0.312 e. The van der Waals surface area contributed by atoms with Crippen LogP contribution in [0.1, 0.15) is 20.8 Å². The Hall–Kier alpha value is 0.340. The highest BCUT2D eigenvalue weighted by molar-refractivity contribution is 6.53. The van der Waals surface area contributed by atoms with Gasteiger partial charge in [-0.2, -0.15) is 0 Å². The maximum atomic E-state index is 10.7. The number of hydrogen-bond donors (Lipinski definition) is 1. The molecular weight excluding hydrogens is 222 g/mol. The minimum atomic E-state index is -1.47. The molecule has 0 aromatic carbocycles. The van der Waals surface area contributed by atoms with E-state index < -0.39 is 21.1 Å². The van der Waals surface area contributed by atoms with Gasteiger partial charge in [0.2, 0.25) is 0 Å². The highest BCUT2D eigenvalue weighted by atomic mass is 35.5. The Bertz CT molecular complexity index is 187. The molecule has 0 bridgehead atoms. The Balaban J connectivity index is 4.88. The minimum absolute atomic E-state index is 0.632. The van der Waals surface area contributed by atoms with Crippen molar-refractivity contribution in [1.29, 1.82) is 0 Å². The van der Waals surface area contributed by atoms with E-state index in [-0.39, 0.29) is 0 Å². The van der Waals surface area contributed by atoms with Crippen molar-refractivity contribution >= 4 is 40.8 Å². The Morgan fingerprint density at radius 2 is 1.75 bits per heavy atom. The number of rotatable bonds is 3. The number of carboxylic acid groups (broad SMARTS) is 1. The van der Waals surface area contributed by atoms with Crippen LogP contribution in [0.3, 0.4) is 0 Å². The summed E-state index contributed by atoms with van der Waals surface area (Å²) in [5.74, 6) is -1.07. The molecule has 0 heterocycles. The van der Waals surface area contributed by atoms with Crippen LogP contribution in [0.4, 0.5) is 0 Å². The largest absolute Gasteiger partial charge is 0.481 e. The SMILES string of the molecule is CC(Cl)C(Cl)(Cl)C(C)(C)C(=O)O. The van der Waals surface area contributed by atoms with E-state index in [2.05, 4.69) is 0 Å². The second-order valence-electron chi connectivity index (χ2n) is 3.17. The lowest BCUT2D eigenvalue weighted by Gasteiger charge is -2.35. The van der Waals surface area contributed by atoms with Gasteiger partial charge in [-0.15, -0.1) is 11.6 Å². The van der Waals surface area contributed by atoms with Crippen molar-refractivity contribution in [3.8, 4) is 0 Å². The van der Waals surface area contributed by atoms with E-state index in [1.807, 2.05) is 0 Å². The molecule has 0 radical (unpaired) electrons. The maximum absolute atomic E-state index is 10.7. The summed E-state index contributed by atoms with van der Waals surface area (Å²) in [6, 6.07) is 0. The van der Waals surface area contributed by atoms with Crippen LogP contribution in [0.15, 0.2) is 0 Å². The summed E-state index contributed by atoms with van der Waals surface area (Å²) in [4.78, 5) is 10.7. The Kier molecular flexibility index (Phi) is 3.71. The average molecular weight is 234 g/mol. The number of carboxylic acids is 1. The predicted molar refractivity (Wildman–Crippen MR) is 51.2 cm³/mol. The molecule has 0 saturated heterocycles. The van der Waals surface area contributed by atoms with E-state index in [1.54, 1.807) is 6.92 Å². The fraction of sp³-hybridized carbons (Fsp3) is 0.857. The summed E-state index contributed by atoms with van der Waals surface area (Å²) in [5.41, 5.74) is -1.27. The maximum Gasteiger partial charge on any atom is 0.312 e. The van der Waals surface area contributed by atoms with Crippen LogP contribution >= 0.6 is 34.8 Å². The van der Waals surface area contributed by atoms with Gasteiger partial charge in [-0.05, 0) is 20.8 Å². The van der Waals surface area contributed by atoms with Crippen molar-refractivity contribution in [2.75, 3.05) is 0 Å². The Morgan fingerprint density at radius 1 is 1.42 bits per heavy atom. The predicted octanol–water partition coefficient (Wildman–Crippen LogP) is 2.90. The van der Waals surface area contributed by atoms with E-state index >= 15 is 0 Å². The zero-order valence-corrected chi connectivity index (χ0v) is 9.33. The zero-order chi connectivity index (χ0) is 10.2. The van der Waals surface area contributed by atoms with Gasteiger partial charge in [0.25, 0.3) is 0 Å². The second-order valence-corrected chi connectivity index (χ2v) is 5.21. The van der Waals surface area contributed by atoms with Crippen molar-refractivity contribution in [1.82, 2.24) is 0 Å². The number of halogens is 3. The van der Waals surface area contributed by atoms with Crippen molar-refractivity contribution in [3.63, 3.8) is 0 Å². The molecule has 72 valence electrons. The summed E-state index contributed by atoms with van der Waals surface area (Å²) in [7, 11) is 0. The fourth-order valence-corrected chi connectivity index (χ4v) is 1.07. The van der Waals surface area contributed by atoms with Crippen LogP contribution in [0, 0.1) is 5.41 Å². The first-order valence-electron chi connectivity index (χ1n) is 3.39. The molecule has 0 aromatic rings. The summed E-state index contributed by atoms with van der Waals surface area (Å²) in [6.07, 6.45) is 0. The van der Waals surface area contributed by atoms with Gasteiger partial charge < -0.3 is 5.11 Å². The molecule has 0 aliphatic rings. The van der Waals surface area contributed by atoms with Gasteiger partial charge in [-0.1, -0.05) is 23.2 Å². The van der Waals surface area contributed by atoms with Crippen molar-refractivity contribution in [3.05, 3.63) is 0 Å². The average Bonchev–Trinajstić information content (AvgIpc) is 1.86. The Morgan fingerprint density at radius 3 is 1.83 bits per heavy atom. The van der Waals surface area contributed by atoms with E-state index in [0.29, 0.717) is 0 Å². The first kappa shape index (κ1) is 12.3. The van der Waals surface area contributed by atoms with Crippen LogP contribution in [-0.2, 0) is 4.79 Å². The molecule has 1 N–H and O–H groups in total. The molecule has 0 amide bonds. The van der Waals surface area contributed by atoms with Crippen LogP contribution in [0.25, 0.3) is 0 Å². The van der Waals surface area contributed by atoms with Gasteiger partial charge in [0, 0.05) is 0 Å². The topological polar surface area (TPSA) is 37.3 Å². The molecule has 5 heteroatoms. The standard InChI is InChI=1S/C7H11Cl3O2/c1-4(8)7(9,10)6(2,3)5(11)12/h4H,1-3H3,(H,11,12). The molecular formula is C7H11Cl3O2. The number of hydrogen-bond acceptors (Lipinski definition) is 1. The van der Waals surface area contributed by atoms with Crippen LogP contribution in [0.2, 0.25) is 0 Å². The molecule has 0 rings (SSSR count). The molecule has 1 atom stereocenters. The minimum Gasteiger partial charge on any atom is -0.481 e. The zero-order valence-electron chi connectivity index (χ0n) is 7.07. The van der Waals surface area contributed by atoms with E-state index in [4.69, 9.17) is 39.9 Å². The number of carbonyl (C=O) groups is 1. The lowest BCUT2D eigenvalue weighted by Crippen LogP contribution is -2.46. The third-order valence-corrected chi connectivity index (χ3v) is 4.02. The van der Waals surface area contributed by atoms with Gasteiger partial charge in [0.1, 0.15) is 4.33 Å². The fourth-order valence-electron chi connectivity index (χ4n) is 0.640. The molecule has 0 saturated carbocycles. The lowest BCUT2D eigenvalue weighted by molar-refractivity contribution is -0.147. The van der Waals surface area contributed by atoms with E-state index in [9.17, 15) is 4.79 Å². The van der Waals surface area contributed by atoms with E-state index in [1.165, 1.54) is 13.8 Å². The normalized spacial score (nSPS) is 15.8. The molecule has 2 nitrogen and oxygen atoms in total. The first-order valence-corrected chi connectivity index (χ1v) is 4.58. The van der Waals surface area contributed by atoms with Crippen molar-refractivity contribution in [2.24, 2.45) is 5.41 Å². The van der Waals surface area contributed by atoms with E-state index in [0.717, 1.165) is 0 Å². The van der Waals surface area contributed by atoms with Gasteiger partial charge in [-0.25, -0.2) is 0 Å². The van der Waals surface area contributed by atoms with Crippen molar-refractivity contribution in [2.45, 2.75) is 30.5 Å². The first-order chi connectivity index (χ1) is 5.14. The van der Waals surface area contributed by atoms with Crippen LogP contribution in [-0.4, -0.2) is 20.8 Å². The lowest BCUT2D eigenvalue weighted by atomic mass is 9.87. The molecule has 0 aliphatic heterocycles. The highest BCUT2D eigenvalue weighted by Gasteiger charge is 2.51. The van der Waals surface area contributed by atoms with Gasteiger partial charge in [0.05, 0.1) is 10.8 Å². The van der Waals surface area contributed by atoms with Crippen LogP contribution in [0.5, 0.6) is 0 Å². The third-order valence-electron chi connectivity index (χ3n) is 1.87. The molecule has 0 aromatic heterocycles. The molecule has 0 spiro atoms. The third kappa shape index (κ3) is 1.98. The van der Waals surface area contributed by atoms with Gasteiger partial charge >= 0.3 is 5.97 Å². The molecule has 12 heavy (non-hydrogen) atoms. The highest BCUT2D eigenvalue weighted by Crippen LogP contribution is 2.45. The quantitative estimate of drug-likeness (QED) is 0.761. The molecule has 1 unspecified atom stereocenters. The number of aliphatic carboxylic acids is 1. The van der Waals surface area contributed by atoms with Crippen LogP contribution < -0.4 is 0 Å². The Labute approximate surface area is 86.8 Å². The summed E-state index contributed by atoms with van der Waals surface area (Å²) < 4.78 is -1.47. The van der Waals surface area contributed by atoms with Gasteiger partial charge in [-0.3, -0.25) is 4.79 Å². The summed E-state index contributed by atoms with van der Waals surface area (Å²) in [6.45, 7) is 4.44. The van der Waals surface area contributed by atoms with Crippen molar-refractivity contribution < 1.29 is 9.90 Å².